The molecule has 0 atom stereocenters. The first-order valence-electron chi connectivity index (χ1n) is 7.97. The zero-order valence-corrected chi connectivity index (χ0v) is 15.6. The van der Waals surface area contributed by atoms with Gasteiger partial charge in [-0.2, -0.15) is 0 Å². The van der Waals surface area contributed by atoms with Gasteiger partial charge in [0, 0.05) is 18.5 Å². The van der Waals surface area contributed by atoms with E-state index in [0.717, 1.165) is 11.1 Å². The highest BCUT2D eigenvalue weighted by Crippen LogP contribution is 2.32. The van der Waals surface area contributed by atoms with E-state index in [1.165, 1.54) is 18.2 Å². The van der Waals surface area contributed by atoms with Gasteiger partial charge in [0.05, 0.1) is 16.5 Å². The van der Waals surface area contributed by atoms with Crippen molar-refractivity contribution in [2.24, 2.45) is 0 Å². The molecule has 0 saturated carbocycles. The Bertz CT molecular complexity index is 971. The fourth-order valence-corrected chi connectivity index (χ4v) is 4.37. The predicted molar refractivity (Wildman–Crippen MR) is 99.7 cm³/mol. The van der Waals surface area contributed by atoms with Crippen molar-refractivity contribution in [2.45, 2.75) is 19.9 Å². The lowest BCUT2D eigenvalue weighted by Gasteiger charge is -2.17. The highest BCUT2D eigenvalue weighted by Gasteiger charge is 2.37. The van der Waals surface area contributed by atoms with Crippen LogP contribution in [0, 0.1) is 6.92 Å². The molecule has 3 rings (SSSR count). The van der Waals surface area contributed by atoms with Gasteiger partial charge in [-0.1, -0.05) is 41.4 Å². The number of sulfonamides is 1. The van der Waals surface area contributed by atoms with E-state index in [0.29, 0.717) is 10.8 Å². The van der Waals surface area contributed by atoms with Gasteiger partial charge in [0.1, 0.15) is 0 Å². The molecule has 26 heavy (non-hydrogen) atoms. The van der Waals surface area contributed by atoms with E-state index in [1.54, 1.807) is 0 Å². The minimum absolute atomic E-state index is 0.0113. The second kappa shape index (κ2) is 7.09. The lowest BCUT2D eigenvalue weighted by atomic mass is 10.1. The van der Waals surface area contributed by atoms with Gasteiger partial charge in [0.2, 0.25) is 15.9 Å². The Morgan fingerprint density at radius 1 is 1.19 bits per heavy atom. The summed E-state index contributed by atoms with van der Waals surface area (Å²) < 4.78 is 24.9. The number of halogens is 1. The standard InChI is InChI=1S/C18H17ClN2O4S/c1-12-2-4-13(5-3-12)11-20-18(23)14-6-7-15(19)16(10-14)21-17(22)8-9-26(21,24)25/h2-7,10H,8-9,11H2,1H3,(H,20,23). The van der Waals surface area contributed by atoms with Crippen LogP contribution in [0.3, 0.4) is 0 Å². The molecule has 2 aromatic carbocycles. The van der Waals surface area contributed by atoms with Gasteiger partial charge in [0.25, 0.3) is 5.91 Å². The van der Waals surface area contributed by atoms with Crippen LogP contribution in [0.4, 0.5) is 5.69 Å². The molecule has 0 unspecified atom stereocenters. The van der Waals surface area contributed by atoms with Crippen molar-refractivity contribution in [3.05, 3.63) is 64.2 Å². The average molecular weight is 393 g/mol. The first kappa shape index (κ1) is 18.4. The molecule has 136 valence electrons. The van der Waals surface area contributed by atoms with Crippen LogP contribution in [-0.2, 0) is 21.4 Å². The van der Waals surface area contributed by atoms with Crippen molar-refractivity contribution in [1.82, 2.24) is 5.32 Å². The van der Waals surface area contributed by atoms with Crippen molar-refractivity contribution >= 4 is 39.1 Å². The number of carbonyl (C=O) groups excluding carboxylic acids is 2. The van der Waals surface area contributed by atoms with Crippen LogP contribution in [0.25, 0.3) is 0 Å². The van der Waals surface area contributed by atoms with Gasteiger partial charge in [-0.05, 0) is 30.7 Å². The number of anilines is 1. The number of benzene rings is 2. The summed E-state index contributed by atoms with van der Waals surface area (Å²) in [7, 11) is -3.75. The SMILES string of the molecule is Cc1ccc(CNC(=O)c2ccc(Cl)c(N3C(=O)CCS3(=O)=O)c2)cc1. The number of aryl methyl sites for hydroxylation is 1. The average Bonchev–Trinajstić information content (AvgIpc) is 2.87. The van der Waals surface area contributed by atoms with Crippen LogP contribution in [0.2, 0.25) is 5.02 Å². The van der Waals surface area contributed by atoms with E-state index in [9.17, 15) is 18.0 Å². The first-order chi connectivity index (χ1) is 12.3. The van der Waals surface area contributed by atoms with Gasteiger partial charge in [-0.3, -0.25) is 9.59 Å². The molecule has 0 aromatic heterocycles. The predicted octanol–water partition coefficient (Wildman–Crippen LogP) is 2.64. The lowest BCUT2D eigenvalue weighted by Crippen LogP contribution is -2.30. The Labute approximate surface area is 156 Å². The van der Waals surface area contributed by atoms with E-state index in [-0.39, 0.29) is 34.4 Å². The van der Waals surface area contributed by atoms with Gasteiger partial charge in [-0.25, -0.2) is 12.7 Å². The maximum absolute atomic E-state index is 12.4. The molecule has 0 bridgehead atoms. The van der Waals surface area contributed by atoms with Crippen LogP contribution in [-0.4, -0.2) is 26.0 Å². The second-order valence-corrected chi connectivity index (χ2v) is 8.40. The van der Waals surface area contributed by atoms with Gasteiger partial charge >= 0.3 is 0 Å². The van der Waals surface area contributed by atoms with Crippen molar-refractivity contribution in [3.8, 4) is 0 Å². The van der Waals surface area contributed by atoms with Crippen molar-refractivity contribution in [1.29, 1.82) is 0 Å². The molecule has 1 fully saturated rings. The highest BCUT2D eigenvalue weighted by atomic mass is 35.5. The third kappa shape index (κ3) is 3.73. The number of amides is 2. The van der Waals surface area contributed by atoms with Crippen LogP contribution in [0.15, 0.2) is 42.5 Å². The second-order valence-electron chi connectivity index (χ2n) is 6.06. The number of nitrogens with zero attached hydrogens (tertiary/aromatic N) is 1. The summed E-state index contributed by atoms with van der Waals surface area (Å²) in [6, 6.07) is 12.0. The normalized spacial score (nSPS) is 15.9. The maximum atomic E-state index is 12.4. The van der Waals surface area contributed by atoms with E-state index < -0.39 is 15.9 Å². The molecule has 1 aliphatic heterocycles. The Kier molecular flexibility index (Phi) is 5.02. The molecular formula is C18H17ClN2O4S. The van der Waals surface area contributed by atoms with Gasteiger partial charge in [0.15, 0.2) is 0 Å². The Balaban J connectivity index is 1.81. The van der Waals surface area contributed by atoms with E-state index in [1.807, 2.05) is 31.2 Å². The van der Waals surface area contributed by atoms with Crippen LogP contribution < -0.4 is 9.62 Å². The number of hydrogen-bond acceptors (Lipinski definition) is 4. The molecule has 2 amide bonds. The summed E-state index contributed by atoms with van der Waals surface area (Å²) in [6.07, 6.45) is -0.0947. The molecule has 0 radical (unpaired) electrons. The number of nitrogens with one attached hydrogen (secondary N) is 1. The molecule has 1 heterocycles. The Morgan fingerprint density at radius 2 is 1.88 bits per heavy atom. The third-order valence-electron chi connectivity index (χ3n) is 4.08. The summed E-state index contributed by atoms with van der Waals surface area (Å²) in [5, 5.41) is 2.87. The molecule has 8 heteroatoms. The molecule has 6 nitrogen and oxygen atoms in total. The molecule has 1 aliphatic rings. The van der Waals surface area contributed by atoms with Crippen molar-refractivity contribution in [3.63, 3.8) is 0 Å². The fourth-order valence-electron chi connectivity index (χ4n) is 2.65. The summed E-state index contributed by atoms with van der Waals surface area (Å²) in [5.41, 5.74) is 2.30. The fraction of sp³-hybridized carbons (Fsp3) is 0.222. The molecule has 2 aromatic rings. The summed E-state index contributed by atoms with van der Waals surface area (Å²) in [6.45, 7) is 2.31. The summed E-state index contributed by atoms with van der Waals surface area (Å²) >= 11 is 6.07. The molecular weight excluding hydrogens is 376 g/mol. The minimum atomic E-state index is -3.75. The zero-order chi connectivity index (χ0) is 18.9. The Hall–Kier alpha value is -2.38. The summed E-state index contributed by atoms with van der Waals surface area (Å²) in [4.78, 5) is 24.3. The largest absolute Gasteiger partial charge is 0.348 e. The monoisotopic (exact) mass is 392 g/mol. The topological polar surface area (TPSA) is 83.6 Å². The van der Waals surface area contributed by atoms with Crippen LogP contribution >= 0.6 is 11.6 Å². The van der Waals surface area contributed by atoms with E-state index >= 15 is 0 Å². The van der Waals surface area contributed by atoms with Crippen LogP contribution in [0.1, 0.15) is 27.9 Å². The molecule has 0 aliphatic carbocycles. The maximum Gasteiger partial charge on any atom is 0.251 e. The van der Waals surface area contributed by atoms with Crippen molar-refractivity contribution in [2.75, 3.05) is 10.1 Å². The van der Waals surface area contributed by atoms with Gasteiger partial charge in [-0.15, -0.1) is 0 Å². The van der Waals surface area contributed by atoms with E-state index in [4.69, 9.17) is 11.6 Å². The summed E-state index contributed by atoms with van der Waals surface area (Å²) in [5.74, 6) is -1.19. The van der Waals surface area contributed by atoms with E-state index in [2.05, 4.69) is 5.32 Å². The number of rotatable bonds is 4. The zero-order valence-electron chi connectivity index (χ0n) is 14.0. The molecule has 0 spiro atoms. The van der Waals surface area contributed by atoms with Gasteiger partial charge < -0.3 is 5.32 Å². The highest BCUT2D eigenvalue weighted by molar-refractivity contribution is 7.94. The minimum Gasteiger partial charge on any atom is -0.348 e. The smallest absolute Gasteiger partial charge is 0.251 e. The lowest BCUT2D eigenvalue weighted by molar-refractivity contribution is -0.116. The number of carbonyl (C=O) groups is 2. The first-order valence-corrected chi connectivity index (χ1v) is 9.96. The third-order valence-corrected chi connectivity index (χ3v) is 6.08. The molecule has 1 saturated heterocycles. The van der Waals surface area contributed by atoms with Crippen molar-refractivity contribution < 1.29 is 18.0 Å². The quantitative estimate of drug-likeness (QED) is 0.866. The Morgan fingerprint density at radius 3 is 2.50 bits per heavy atom. The van der Waals surface area contributed by atoms with Crippen LogP contribution in [0.5, 0.6) is 0 Å². The number of hydrogen-bond donors (Lipinski definition) is 1. The molecule has 1 N–H and O–H groups in total.